The van der Waals surface area contributed by atoms with Crippen molar-refractivity contribution < 1.29 is 33.0 Å². The Bertz CT molecular complexity index is 1650. The molecular formula is C32H24ClFN2O6. The number of rotatable bonds is 9. The number of nitrogens with zero attached hydrogens (tertiary/aromatic N) is 1. The third-order valence-corrected chi connectivity index (χ3v) is 6.60. The number of hydrogen-bond donors (Lipinski definition) is 1. The first-order valence-electron chi connectivity index (χ1n) is 12.7. The molecule has 0 unspecified atom stereocenters. The lowest BCUT2D eigenvalue weighted by Crippen LogP contribution is -2.54. The number of amides is 4. The molecule has 42 heavy (non-hydrogen) atoms. The van der Waals surface area contributed by atoms with Crippen LogP contribution in [0.4, 0.5) is 14.9 Å². The van der Waals surface area contributed by atoms with E-state index in [0.29, 0.717) is 40.0 Å². The van der Waals surface area contributed by atoms with Crippen LogP contribution in [0.2, 0.25) is 5.02 Å². The fourth-order valence-electron chi connectivity index (χ4n) is 4.11. The van der Waals surface area contributed by atoms with Crippen molar-refractivity contribution >= 4 is 41.2 Å². The molecule has 1 aliphatic heterocycles. The van der Waals surface area contributed by atoms with E-state index >= 15 is 0 Å². The molecule has 212 valence electrons. The Morgan fingerprint density at radius 2 is 1.43 bits per heavy atom. The van der Waals surface area contributed by atoms with Gasteiger partial charge in [0.05, 0.1) is 12.8 Å². The monoisotopic (exact) mass is 586 g/mol. The van der Waals surface area contributed by atoms with Gasteiger partial charge in [-0.15, -0.1) is 0 Å². The minimum absolute atomic E-state index is 0.0980. The molecular weight excluding hydrogens is 563 g/mol. The second kappa shape index (κ2) is 12.6. The van der Waals surface area contributed by atoms with Crippen LogP contribution in [0.5, 0.6) is 17.2 Å². The van der Waals surface area contributed by atoms with E-state index < -0.39 is 17.8 Å². The van der Waals surface area contributed by atoms with Gasteiger partial charge in [0.2, 0.25) is 0 Å². The molecule has 1 saturated heterocycles. The van der Waals surface area contributed by atoms with Crippen LogP contribution in [0.25, 0.3) is 6.08 Å². The molecule has 1 heterocycles. The summed E-state index contributed by atoms with van der Waals surface area (Å²) in [7, 11) is 1.49. The summed E-state index contributed by atoms with van der Waals surface area (Å²) in [5, 5.41) is 2.84. The SMILES string of the molecule is COc1ccc(/C=C2\C(=O)NC(=O)N(c3ccc(OCc4ccc(Cl)cc4)cc3)C2=O)c(OCc2ccc(F)cc2)c1. The van der Waals surface area contributed by atoms with Crippen LogP contribution >= 0.6 is 11.6 Å². The van der Waals surface area contributed by atoms with Crippen molar-refractivity contribution in [2.75, 3.05) is 12.0 Å². The largest absolute Gasteiger partial charge is 0.497 e. The number of ether oxygens (including phenoxy) is 3. The van der Waals surface area contributed by atoms with Crippen LogP contribution in [0, 0.1) is 5.82 Å². The first-order chi connectivity index (χ1) is 20.3. The summed E-state index contributed by atoms with van der Waals surface area (Å²) in [6.45, 7) is 0.398. The maximum Gasteiger partial charge on any atom is 0.335 e. The highest BCUT2D eigenvalue weighted by atomic mass is 35.5. The summed E-state index contributed by atoms with van der Waals surface area (Å²) < 4.78 is 30.3. The Hall–Kier alpha value is -5.15. The predicted octanol–water partition coefficient (Wildman–Crippen LogP) is 6.31. The highest BCUT2D eigenvalue weighted by molar-refractivity contribution is 6.39. The van der Waals surface area contributed by atoms with Crippen LogP contribution in [0.3, 0.4) is 0 Å². The van der Waals surface area contributed by atoms with Crippen molar-refractivity contribution in [1.29, 1.82) is 0 Å². The lowest BCUT2D eigenvalue weighted by molar-refractivity contribution is -0.122. The van der Waals surface area contributed by atoms with E-state index in [1.54, 1.807) is 66.7 Å². The van der Waals surface area contributed by atoms with Crippen LogP contribution in [0.1, 0.15) is 16.7 Å². The number of urea groups is 1. The van der Waals surface area contributed by atoms with Gasteiger partial charge in [0, 0.05) is 16.7 Å². The van der Waals surface area contributed by atoms with Gasteiger partial charge in [0.15, 0.2) is 0 Å². The number of barbiturate groups is 1. The van der Waals surface area contributed by atoms with E-state index in [2.05, 4.69) is 5.32 Å². The van der Waals surface area contributed by atoms with Crippen LogP contribution in [0.15, 0.2) is 96.6 Å². The Morgan fingerprint density at radius 1 is 0.810 bits per heavy atom. The second-order valence-corrected chi connectivity index (χ2v) is 9.62. The zero-order valence-corrected chi connectivity index (χ0v) is 23.1. The molecule has 5 rings (SSSR count). The fourth-order valence-corrected chi connectivity index (χ4v) is 4.24. The van der Waals surface area contributed by atoms with Gasteiger partial charge in [-0.25, -0.2) is 14.1 Å². The summed E-state index contributed by atoms with van der Waals surface area (Å²) in [5.74, 6) is -0.695. The number of carbonyl (C=O) groups is 3. The van der Waals surface area contributed by atoms with E-state index in [0.717, 1.165) is 10.5 Å². The van der Waals surface area contributed by atoms with E-state index in [1.165, 1.54) is 25.3 Å². The van der Waals surface area contributed by atoms with Crippen LogP contribution in [-0.2, 0) is 22.8 Å². The van der Waals surface area contributed by atoms with Gasteiger partial charge in [0.1, 0.15) is 41.9 Å². The Labute approximate surface area is 245 Å². The maximum absolute atomic E-state index is 13.5. The van der Waals surface area contributed by atoms with Gasteiger partial charge in [-0.05, 0) is 77.9 Å². The number of nitrogens with one attached hydrogen (secondary N) is 1. The number of methoxy groups -OCH3 is 1. The summed E-state index contributed by atoms with van der Waals surface area (Å²) in [6.07, 6.45) is 1.35. The van der Waals surface area contributed by atoms with Crippen molar-refractivity contribution in [3.8, 4) is 17.2 Å². The molecule has 1 aliphatic rings. The van der Waals surface area contributed by atoms with Gasteiger partial charge >= 0.3 is 6.03 Å². The minimum Gasteiger partial charge on any atom is -0.497 e. The molecule has 0 spiro atoms. The summed E-state index contributed by atoms with van der Waals surface area (Å²) in [5.41, 5.74) is 2.01. The zero-order chi connectivity index (χ0) is 29.6. The van der Waals surface area contributed by atoms with Crippen LogP contribution < -0.4 is 24.4 Å². The van der Waals surface area contributed by atoms with Gasteiger partial charge in [0.25, 0.3) is 11.8 Å². The van der Waals surface area contributed by atoms with Gasteiger partial charge in [-0.1, -0.05) is 35.9 Å². The topological polar surface area (TPSA) is 94.2 Å². The number of anilines is 1. The molecule has 0 atom stereocenters. The quantitative estimate of drug-likeness (QED) is 0.182. The Balaban J connectivity index is 1.36. The first kappa shape index (κ1) is 28.4. The highest BCUT2D eigenvalue weighted by Crippen LogP contribution is 2.30. The molecule has 0 saturated carbocycles. The normalized spacial score (nSPS) is 14.1. The molecule has 8 nitrogen and oxygen atoms in total. The number of hydrogen-bond acceptors (Lipinski definition) is 6. The smallest absolute Gasteiger partial charge is 0.335 e. The summed E-state index contributed by atoms with van der Waals surface area (Å²) in [4.78, 5) is 39.8. The van der Waals surface area contributed by atoms with Crippen molar-refractivity contribution in [2.45, 2.75) is 13.2 Å². The van der Waals surface area contributed by atoms with Crippen LogP contribution in [-0.4, -0.2) is 25.0 Å². The lowest BCUT2D eigenvalue weighted by atomic mass is 10.1. The minimum atomic E-state index is -0.875. The summed E-state index contributed by atoms with van der Waals surface area (Å²) in [6, 6.07) is 23.4. The average molecular weight is 587 g/mol. The van der Waals surface area contributed by atoms with E-state index in [-0.39, 0.29) is 23.7 Å². The lowest BCUT2D eigenvalue weighted by Gasteiger charge is -2.26. The third-order valence-electron chi connectivity index (χ3n) is 6.34. The number of imide groups is 2. The molecule has 4 amide bonds. The van der Waals surface area contributed by atoms with E-state index in [1.807, 2.05) is 12.1 Å². The van der Waals surface area contributed by atoms with Crippen molar-refractivity contribution in [3.05, 3.63) is 124 Å². The number of halogens is 2. The molecule has 1 N–H and O–H groups in total. The van der Waals surface area contributed by atoms with Crippen molar-refractivity contribution in [1.82, 2.24) is 5.32 Å². The Morgan fingerprint density at radius 3 is 2.10 bits per heavy atom. The first-order valence-corrected chi connectivity index (χ1v) is 13.1. The molecule has 0 aliphatic carbocycles. The molecule has 0 bridgehead atoms. The molecule has 0 radical (unpaired) electrons. The second-order valence-electron chi connectivity index (χ2n) is 9.19. The molecule has 10 heteroatoms. The number of carbonyl (C=O) groups excluding carboxylic acids is 3. The molecule has 1 fully saturated rings. The highest BCUT2D eigenvalue weighted by Gasteiger charge is 2.37. The van der Waals surface area contributed by atoms with Crippen molar-refractivity contribution in [3.63, 3.8) is 0 Å². The standard InChI is InChI=1S/C32H24ClFN2O6/c1-40-27-13-6-22(29(17-27)42-19-21-4-9-24(34)10-5-21)16-28-30(37)35-32(39)36(31(28)38)25-11-14-26(15-12-25)41-18-20-2-7-23(33)8-3-20/h2-17H,18-19H2,1H3,(H,35,37,39)/b28-16+. The van der Waals surface area contributed by atoms with Crippen molar-refractivity contribution in [2.24, 2.45) is 0 Å². The van der Waals surface area contributed by atoms with Gasteiger partial charge < -0.3 is 14.2 Å². The van der Waals surface area contributed by atoms with E-state index in [9.17, 15) is 18.8 Å². The molecule has 4 aromatic rings. The molecule has 4 aromatic carbocycles. The third kappa shape index (κ3) is 6.59. The van der Waals surface area contributed by atoms with E-state index in [4.69, 9.17) is 25.8 Å². The Kier molecular flexibility index (Phi) is 8.50. The zero-order valence-electron chi connectivity index (χ0n) is 22.3. The average Bonchev–Trinajstić information content (AvgIpc) is 2.99. The van der Waals surface area contributed by atoms with Gasteiger partial charge in [-0.2, -0.15) is 0 Å². The van der Waals surface area contributed by atoms with Gasteiger partial charge in [-0.3, -0.25) is 14.9 Å². The maximum atomic E-state index is 13.5. The summed E-state index contributed by atoms with van der Waals surface area (Å²) >= 11 is 5.92. The predicted molar refractivity (Wildman–Crippen MR) is 155 cm³/mol. The molecule has 0 aromatic heterocycles. The fraction of sp³-hybridized carbons (Fsp3) is 0.0938. The number of benzene rings is 4.